The third-order valence-electron chi connectivity index (χ3n) is 2.31. The second-order valence-electron chi connectivity index (χ2n) is 3.22. The molecule has 0 aliphatic carbocycles. The predicted octanol–water partition coefficient (Wildman–Crippen LogP) is 1.34. The lowest BCUT2D eigenvalue weighted by Crippen LogP contribution is -2.18. The highest BCUT2D eigenvalue weighted by Gasteiger charge is 2.23. The third-order valence-corrected chi connectivity index (χ3v) is 2.31. The quantitative estimate of drug-likeness (QED) is 0.680. The molecule has 1 heterocycles. The number of hydrogen-bond donors (Lipinski definition) is 2. The number of benzene rings is 1. The van der Waals surface area contributed by atoms with Crippen molar-refractivity contribution in [2.75, 3.05) is 0 Å². The number of phenolic OH excluding ortho intramolecular Hbond substituents is 1. The fourth-order valence-corrected chi connectivity index (χ4v) is 1.63. The minimum Gasteiger partial charge on any atom is -0.508 e. The highest BCUT2D eigenvalue weighted by molar-refractivity contribution is 5.78. The number of hydrogen-bond acceptors (Lipinski definition) is 2. The summed E-state index contributed by atoms with van der Waals surface area (Å²) in [4.78, 5) is 10.9. The van der Waals surface area contributed by atoms with Gasteiger partial charge in [-0.25, -0.2) is 0 Å². The average molecular weight is 177 g/mol. The highest BCUT2D eigenvalue weighted by atomic mass is 16.3. The van der Waals surface area contributed by atoms with Crippen LogP contribution in [-0.4, -0.2) is 11.0 Å². The van der Waals surface area contributed by atoms with Gasteiger partial charge in [0.05, 0.1) is 6.04 Å². The molecular weight excluding hydrogens is 166 g/mol. The van der Waals surface area contributed by atoms with E-state index in [9.17, 15) is 9.90 Å². The molecule has 1 aromatic carbocycles. The molecule has 2 rings (SSSR count). The van der Waals surface area contributed by atoms with Crippen LogP contribution in [0.4, 0.5) is 0 Å². The molecule has 0 unspecified atom stereocenters. The largest absolute Gasteiger partial charge is 0.508 e. The molecule has 1 aliphatic rings. The number of nitrogens with one attached hydrogen (secondary N) is 1. The molecule has 1 aliphatic heterocycles. The van der Waals surface area contributed by atoms with Gasteiger partial charge in [0.1, 0.15) is 5.75 Å². The Bertz CT molecular complexity index is 335. The SMILES string of the molecule is O=C1CC[C@H](c2ccccc2O)N1. The smallest absolute Gasteiger partial charge is 0.220 e. The van der Waals surface area contributed by atoms with Gasteiger partial charge in [-0.05, 0) is 12.5 Å². The van der Waals surface area contributed by atoms with Crippen LogP contribution in [0.3, 0.4) is 0 Å². The third kappa shape index (κ3) is 1.49. The maximum Gasteiger partial charge on any atom is 0.220 e. The lowest BCUT2D eigenvalue weighted by Gasteiger charge is -2.11. The van der Waals surface area contributed by atoms with Crippen molar-refractivity contribution in [1.82, 2.24) is 5.32 Å². The van der Waals surface area contributed by atoms with E-state index in [0.717, 1.165) is 12.0 Å². The second kappa shape index (κ2) is 3.09. The first-order chi connectivity index (χ1) is 6.27. The molecule has 1 saturated heterocycles. The number of amides is 1. The van der Waals surface area contributed by atoms with Crippen LogP contribution < -0.4 is 5.32 Å². The van der Waals surface area contributed by atoms with Crippen molar-refractivity contribution in [3.8, 4) is 5.75 Å². The van der Waals surface area contributed by atoms with Crippen LogP contribution in [-0.2, 0) is 4.79 Å². The fourth-order valence-electron chi connectivity index (χ4n) is 1.63. The molecule has 1 fully saturated rings. The summed E-state index contributed by atoms with van der Waals surface area (Å²) < 4.78 is 0. The van der Waals surface area contributed by atoms with Crippen LogP contribution in [0.5, 0.6) is 5.75 Å². The zero-order chi connectivity index (χ0) is 9.26. The summed E-state index contributed by atoms with van der Waals surface area (Å²) in [7, 11) is 0. The van der Waals surface area contributed by atoms with Gasteiger partial charge in [-0.2, -0.15) is 0 Å². The van der Waals surface area contributed by atoms with Crippen LogP contribution in [0.15, 0.2) is 24.3 Å². The van der Waals surface area contributed by atoms with Crippen molar-refractivity contribution in [3.05, 3.63) is 29.8 Å². The number of rotatable bonds is 1. The summed E-state index contributed by atoms with van der Waals surface area (Å²) in [6, 6.07) is 7.11. The van der Waals surface area contributed by atoms with Gasteiger partial charge in [-0.3, -0.25) is 4.79 Å². The van der Waals surface area contributed by atoms with E-state index in [1.807, 2.05) is 12.1 Å². The molecule has 0 saturated carbocycles. The Kier molecular flexibility index (Phi) is 1.93. The highest BCUT2D eigenvalue weighted by Crippen LogP contribution is 2.29. The molecule has 3 heteroatoms. The van der Waals surface area contributed by atoms with Gasteiger partial charge < -0.3 is 10.4 Å². The molecule has 0 bridgehead atoms. The molecule has 0 radical (unpaired) electrons. The molecule has 2 N–H and O–H groups in total. The first-order valence-electron chi connectivity index (χ1n) is 4.34. The van der Waals surface area contributed by atoms with E-state index in [2.05, 4.69) is 5.32 Å². The maximum absolute atomic E-state index is 10.9. The van der Waals surface area contributed by atoms with Gasteiger partial charge >= 0.3 is 0 Å². The van der Waals surface area contributed by atoms with Gasteiger partial charge in [-0.1, -0.05) is 18.2 Å². The Morgan fingerprint density at radius 3 is 2.77 bits per heavy atom. The molecule has 68 valence electrons. The van der Waals surface area contributed by atoms with E-state index in [1.165, 1.54) is 0 Å². The lowest BCUT2D eigenvalue weighted by molar-refractivity contribution is -0.119. The Labute approximate surface area is 76.4 Å². The molecule has 13 heavy (non-hydrogen) atoms. The van der Waals surface area contributed by atoms with Crippen molar-refractivity contribution in [2.24, 2.45) is 0 Å². The van der Waals surface area contributed by atoms with E-state index in [1.54, 1.807) is 12.1 Å². The second-order valence-corrected chi connectivity index (χ2v) is 3.22. The summed E-state index contributed by atoms with van der Waals surface area (Å²) in [5.74, 6) is 0.322. The van der Waals surface area contributed by atoms with Crippen LogP contribution in [0, 0.1) is 0 Å². The molecule has 0 aromatic heterocycles. The zero-order valence-electron chi connectivity index (χ0n) is 7.16. The number of aromatic hydroxyl groups is 1. The Morgan fingerprint density at radius 2 is 2.15 bits per heavy atom. The molecular formula is C10H11NO2. The number of carbonyl (C=O) groups is 1. The fraction of sp³-hybridized carbons (Fsp3) is 0.300. The van der Waals surface area contributed by atoms with Gasteiger partial charge in [0, 0.05) is 12.0 Å². The monoisotopic (exact) mass is 177 g/mol. The van der Waals surface area contributed by atoms with E-state index in [0.29, 0.717) is 6.42 Å². The molecule has 0 spiro atoms. The standard InChI is InChI=1S/C10H11NO2/c12-9-4-2-1-3-7(9)8-5-6-10(13)11-8/h1-4,8,12H,5-6H2,(H,11,13)/t8-/m1/s1. The maximum atomic E-state index is 10.9. The Balaban J connectivity index is 2.26. The van der Waals surface area contributed by atoms with Gasteiger partial charge in [0.25, 0.3) is 0 Å². The van der Waals surface area contributed by atoms with E-state index in [-0.39, 0.29) is 17.7 Å². The topological polar surface area (TPSA) is 49.3 Å². The van der Waals surface area contributed by atoms with E-state index in [4.69, 9.17) is 0 Å². The summed E-state index contributed by atoms with van der Waals surface area (Å²) >= 11 is 0. The average Bonchev–Trinajstić information content (AvgIpc) is 2.53. The first kappa shape index (κ1) is 8.10. The van der Waals surface area contributed by atoms with E-state index < -0.39 is 0 Å². The molecule has 1 amide bonds. The summed E-state index contributed by atoms with van der Waals surface area (Å²) in [6.45, 7) is 0. The number of carbonyl (C=O) groups excluding carboxylic acids is 1. The predicted molar refractivity (Wildman–Crippen MR) is 48.2 cm³/mol. The van der Waals surface area contributed by atoms with Crippen molar-refractivity contribution in [1.29, 1.82) is 0 Å². The Morgan fingerprint density at radius 1 is 1.38 bits per heavy atom. The van der Waals surface area contributed by atoms with Crippen molar-refractivity contribution in [3.63, 3.8) is 0 Å². The summed E-state index contributed by atoms with van der Waals surface area (Å²) in [5.41, 5.74) is 0.813. The van der Waals surface area contributed by atoms with Gasteiger partial charge in [0.2, 0.25) is 5.91 Å². The van der Waals surface area contributed by atoms with Crippen molar-refractivity contribution in [2.45, 2.75) is 18.9 Å². The van der Waals surface area contributed by atoms with Crippen LogP contribution in [0.2, 0.25) is 0 Å². The van der Waals surface area contributed by atoms with Crippen LogP contribution >= 0.6 is 0 Å². The number of para-hydroxylation sites is 1. The summed E-state index contributed by atoms with van der Waals surface area (Å²) in [5, 5.41) is 12.3. The minimum atomic E-state index is -0.00583. The van der Waals surface area contributed by atoms with Crippen molar-refractivity contribution < 1.29 is 9.90 Å². The summed E-state index contributed by atoms with van der Waals surface area (Å²) in [6.07, 6.45) is 1.33. The minimum absolute atomic E-state index is 0.00583. The van der Waals surface area contributed by atoms with E-state index >= 15 is 0 Å². The normalized spacial score (nSPS) is 21.5. The van der Waals surface area contributed by atoms with Crippen LogP contribution in [0.25, 0.3) is 0 Å². The zero-order valence-corrected chi connectivity index (χ0v) is 7.16. The molecule has 1 atom stereocenters. The first-order valence-corrected chi connectivity index (χ1v) is 4.34. The van der Waals surface area contributed by atoms with Gasteiger partial charge in [-0.15, -0.1) is 0 Å². The van der Waals surface area contributed by atoms with Gasteiger partial charge in [0.15, 0.2) is 0 Å². The van der Waals surface area contributed by atoms with Crippen molar-refractivity contribution >= 4 is 5.91 Å². The Hall–Kier alpha value is -1.51. The lowest BCUT2D eigenvalue weighted by atomic mass is 10.0. The molecule has 3 nitrogen and oxygen atoms in total. The number of phenols is 1. The molecule has 1 aromatic rings. The van der Waals surface area contributed by atoms with Crippen LogP contribution in [0.1, 0.15) is 24.4 Å².